The van der Waals surface area contributed by atoms with E-state index in [2.05, 4.69) is 23.1 Å². The molecule has 0 spiro atoms. The average molecular weight is 403 g/mol. The molecule has 0 saturated carbocycles. The molecule has 0 atom stereocenters. The molecule has 0 unspecified atom stereocenters. The smallest absolute Gasteiger partial charge is 0.0543 e. The van der Waals surface area contributed by atoms with Crippen LogP contribution in [0, 0.1) is 13.1 Å². The van der Waals surface area contributed by atoms with Crippen LogP contribution in [0.1, 0.15) is 5.56 Å². The van der Waals surface area contributed by atoms with E-state index in [-0.39, 0.29) is 21.1 Å². The Morgan fingerprint density at radius 2 is 2.06 bits per heavy atom. The zero-order valence-electron chi connectivity index (χ0n) is 9.20. The van der Waals surface area contributed by atoms with Gasteiger partial charge in [-0.3, -0.25) is 4.98 Å². The van der Waals surface area contributed by atoms with Gasteiger partial charge in [-0.25, -0.2) is 0 Å². The molecule has 0 bridgehead atoms. The Balaban J connectivity index is 0.00000108. The molecule has 0 aliphatic carbocycles. The van der Waals surface area contributed by atoms with E-state index in [1.807, 2.05) is 34.9 Å². The second kappa shape index (κ2) is 4.80. The molecule has 0 aliphatic rings. The Morgan fingerprint density at radius 1 is 1.18 bits per heavy atom. The van der Waals surface area contributed by atoms with Crippen LogP contribution >= 0.6 is 0 Å². The first-order valence-electron chi connectivity index (χ1n) is 5.12. The minimum Gasteiger partial charge on any atom is -0.427 e. The summed E-state index contributed by atoms with van der Waals surface area (Å²) in [6, 6.07) is 9.82. The van der Waals surface area contributed by atoms with Crippen LogP contribution in [-0.4, -0.2) is 14.5 Å². The van der Waals surface area contributed by atoms with Gasteiger partial charge in [0.15, 0.2) is 0 Å². The number of nitrogens with zero attached hydrogens (tertiary/aromatic N) is 3. The van der Waals surface area contributed by atoms with Gasteiger partial charge in [0, 0.05) is 33.5 Å². The van der Waals surface area contributed by atoms with Gasteiger partial charge < -0.3 is 9.55 Å². The van der Waals surface area contributed by atoms with E-state index in [0.29, 0.717) is 0 Å². The predicted octanol–water partition coefficient (Wildman–Crippen LogP) is 2.53. The Kier molecular flexibility index (Phi) is 3.39. The van der Waals surface area contributed by atoms with Gasteiger partial charge >= 0.3 is 0 Å². The topological polar surface area (TPSA) is 30.7 Å². The molecule has 0 fully saturated rings. The first-order valence-corrected chi connectivity index (χ1v) is 5.12. The Morgan fingerprint density at radius 3 is 2.88 bits per heavy atom. The summed E-state index contributed by atoms with van der Waals surface area (Å²) in [5.74, 6) is 0.878. The zero-order chi connectivity index (χ0) is 11.0. The molecule has 88 valence electrons. The van der Waals surface area contributed by atoms with E-state index in [1.165, 1.54) is 5.56 Å². The normalized spacial score (nSPS) is 10.2. The molecule has 3 nitrogen and oxygen atoms in total. The van der Waals surface area contributed by atoms with E-state index in [9.17, 15) is 0 Å². The van der Waals surface area contributed by atoms with E-state index in [1.54, 1.807) is 12.4 Å². The van der Waals surface area contributed by atoms with Crippen LogP contribution < -0.4 is 0 Å². The summed E-state index contributed by atoms with van der Waals surface area (Å²) >= 11 is 0. The van der Waals surface area contributed by atoms with Crippen molar-refractivity contribution in [3.8, 4) is 5.82 Å². The molecule has 0 saturated heterocycles. The third-order valence-electron chi connectivity index (χ3n) is 2.52. The Bertz CT molecular complexity index is 646. The molecule has 0 radical (unpaired) electrons. The van der Waals surface area contributed by atoms with Crippen LogP contribution in [0.25, 0.3) is 16.9 Å². The van der Waals surface area contributed by atoms with E-state index in [0.717, 1.165) is 16.9 Å². The molecule has 3 heterocycles. The summed E-state index contributed by atoms with van der Waals surface area (Å²) in [6.45, 7) is 2.05. The fourth-order valence-electron chi connectivity index (χ4n) is 1.74. The summed E-state index contributed by atoms with van der Waals surface area (Å²) in [5, 5.41) is 0. The monoisotopic (exact) mass is 403 g/mol. The first kappa shape index (κ1) is 12.0. The van der Waals surface area contributed by atoms with Gasteiger partial charge in [-0.1, -0.05) is 35.5 Å². The van der Waals surface area contributed by atoms with E-state index < -0.39 is 0 Å². The van der Waals surface area contributed by atoms with Crippen molar-refractivity contribution in [3.63, 3.8) is 0 Å². The fourth-order valence-corrected chi connectivity index (χ4v) is 1.74. The van der Waals surface area contributed by atoms with Gasteiger partial charge in [0.1, 0.15) is 0 Å². The molecule has 4 heteroatoms. The van der Waals surface area contributed by atoms with Crippen molar-refractivity contribution in [3.05, 3.63) is 54.5 Å². The molecule has 0 aromatic carbocycles. The van der Waals surface area contributed by atoms with Crippen LogP contribution in [0.4, 0.5) is 0 Å². The minimum atomic E-state index is 0. The van der Waals surface area contributed by atoms with Crippen molar-refractivity contribution in [2.75, 3.05) is 0 Å². The standard InChI is InChI=1S/C13H10N3.Pt/c1-10-4-7-15-13(9-10)16-8-5-11-12(16)3-2-6-14-11;/h2-7,9H,1H3;/q-1;. The molecule has 17 heavy (non-hydrogen) atoms. The molecule has 3 rings (SSSR count). The van der Waals surface area contributed by atoms with Crippen molar-refractivity contribution < 1.29 is 21.1 Å². The first-order chi connectivity index (χ1) is 7.84. The minimum absolute atomic E-state index is 0. The van der Waals surface area contributed by atoms with Gasteiger partial charge in [0.25, 0.3) is 0 Å². The van der Waals surface area contributed by atoms with Crippen LogP contribution in [-0.2, 0) is 21.1 Å². The van der Waals surface area contributed by atoms with Crippen molar-refractivity contribution in [1.82, 2.24) is 14.5 Å². The SMILES string of the molecule is Cc1ccnc(-n2[c-]cc3ncccc32)c1.[Pt]. The molecule has 0 N–H and O–H groups in total. The summed E-state index contributed by atoms with van der Waals surface area (Å²) < 4.78 is 1.93. The number of pyridine rings is 2. The molecule has 3 aromatic rings. The van der Waals surface area contributed by atoms with Crippen molar-refractivity contribution in [2.24, 2.45) is 0 Å². The third-order valence-corrected chi connectivity index (χ3v) is 2.52. The molecule has 3 aromatic heterocycles. The van der Waals surface area contributed by atoms with Gasteiger partial charge in [-0.2, -0.15) is 0 Å². The van der Waals surface area contributed by atoms with Gasteiger partial charge in [-0.05, 0) is 18.5 Å². The number of aryl methyl sites for hydroxylation is 1. The van der Waals surface area contributed by atoms with Crippen LogP contribution in [0.15, 0.2) is 42.7 Å². The summed E-state index contributed by atoms with van der Waals surface area (Å²) in [5.41, 5.74) is 3.15. The summed E-state index contributed by atoms with van der Waals surface area (Å²) in [4.78, 5) is 8.61. The van der Waals surface area contributed by atoms with Crippen LogP contribution in [0.5, 0.6) is 0 Å². The maximum Gasteiger partial charge on any atom is 0.0543 e. The van der Waals surface area contributed by atoms with E-state index in [4.69, 9.17) is 0 Å². The largest absolute Gasteiger partial charge is 0.427 e. The second-order valence-corrected chi connectivity index (χ2v) is 3.71. The fraction of sp³-hybridized carbons (Fsp3) is 0.0769. The van der Waals surface area contributed by atoms with Crippen molar-refractivity contribution in [1.29, 1.82) is 0 Å². The number of hydrogen-bond donors (Lipinski definition) is 0. The molecule has 0 aliphatic heterocycles. The zero-order valence-corrected chi connectivity index (χ0v) is 11.5. The number of hydrogen-bond acceptors (Lipinski definition) is 2. The average Bonchev–Trinajstić information content (AvgIpc) is 2.72. The molecular weight excluding hydrogens is 393 g/mol. The maximum atomic E-state index is 4.34. The quantitative estimate of drug-likeness (QED) is 0.585. The van der Waals surface area contributed by atoms with Crippen LogP contribution in [0.2, 0.25) is 0 Å². The number of aromatic nitrogens is 3. The number of rotatable bonds is 1. The van der Waals surface area contributed by atoms with Gasteiger partial charge in [0.05, 0.1) is 5.82 Å². The molecular formula is C13H10N3Pt-. The third kappa shape index (κ3) is 2.16. The number of fused-ring (bicyclic) bond motifs is 1. The second-order valence-electron chi connectivity index (χ2n) is 3.71. The predicted molar refractivity (Wildman–Crippen MR) is 62.4 cm³/mol. The maximum absolute atomic E-state index is 4.34. The Hall–Kier alpha value is -1.47. The van der Waals surface area contributed by atoms with Crippen molar-refractivity contribution in [2.45, 2.75) is 6.92 Å². The van der Waals surface area contributed by atoms with Crippen LogP contribution in [0.3, 0.4) is 0 Å². The van der Waals surface area contributed by atoms with E-state index >= 15 is 0 Å². The summed E-state index contributed by atoms with van der Waals surface area (Å²) in [7, 11) is 0. The Labute approximate surface area is 114 Å². The van der Waals surface area contributed by atoms with Gasteiger partial charge in [-0.15, -0.1) is 6.07 Å². The summed E-state index contributed by atoms with van der Waals surface area (Å²) in [6.07, 6.45) is 6.74. The molecule has 0 amide bonds. The van der Waals surface area contributed by atoms with Gasteiger partial charge in [0.2, 0.25) is 0 Å². The van der Waals surface area contributed by atoms with Crippen molar-refractivity contribution >= 4 is 11.0 Å².